The number of carbonyl (C=O) groups excluding carboxylic acids is 1. The molecule has 0 saturated heterocycles. The normalized spacial score (nSPS) is 20.3. The van der Waals surface area contributed by atoms with Gasteiger partial charge in [-0.25, -0.2) is 4.79 Å². The minimum Gasteiger partial charge on any atom is -0.494 e. The second-order valence-corrected chi connectivity index (χ2v) is 6.37. The molecular weight excluding hydrogens is 290 g/mol. The lowest BCUT2D eigenvalue weighted by Gasteiger charge is -2.35. The van der Waals surface area contributed by atoms with Crippen LogP contribution in [0.1, 0.15) is 36.5 Å². The van der Waals surface area contributed by atoms with E-state index in [9.17, 15) is 4.79 Å². The highest BCUT2D eigenvalue weighted by Gasteiger charge is 2.22. The summed E-state index contributed by atoms with van der Waals surface area (Å²) >= 11 is 0. The number of ether oxygens (including phenoxy) is 2. The van der Waals surface area contributed by atoms with E-state index in [1.807, 2.05) is 12.1 Å². The van der Waals surface area contributed by atoms with E-state index in [-0.39, 0.29) is 5.97 Å². The van der Waals surface area contributed by atoms with Crippen molar-refractivity contribution in [3.05, 3.63) is 42.0 Å². The van der Waals surface area contributed by atoms with Gasteiger partial charge in [-0.3, -0.25) is 0 Å². The average Bonchev–Trinajstić information content (AvgIpc) is 2.56. The molecule has 1 aromatic carbocycles. The van der Waals surface area contributed by atoms with E-state index < -0.39 is 0 Å². The van der Waals surface area contributed by atoms with E-state index >= 15 is 0 Å². The van der Waals surface area contributed by atoms with Crippen LogP contribution in [0.5, 0.6) is 5.75 Å². The molecule has 0 aromatic heterocycles. The maximum Gasteiger partial charge on any atom is 0.338 e. The highest BCUT2D eigenvalue weighted by Crippen LogP contribution is 2.14. The summed E-state index contributed by atoms with van der Waals surface area (Å²) in [7, 11) is 2.21. The quantitative estimate of drug-likeness (QED) is 0.319. The zero-order chi connectivity index (χ0) is 16.5. The van der Waals surface area contributed by atoms with Crippen LogP contribution in [0.15, 0.2) is 36.4 Å². The maximum atomic E-state index is 12.1. The number of carbonyl (C=O) groups is 1. The van der Waals surface area contributed by atoms with E-state index in [2.05, 4.69) is 26.1 Å². The minimum absolute atomic E-state index is 0.260. The van der Waals surface area contributed by atoms with Crippen molar-refractivity contribution in [3.8, 4) is 5.75 Å². The Morgan fingerprint density at radius 1 is 1.17 bits per heavy atom. The van der Waals surface area contributed by atoms with E-state index in [0.29, 0.717) is 18.8 Å². The van der Waals surface area contributed by atoms with Crippen molar-refractivity contribution in [3.63, 3.8) is 0 Å². The smallest absolute Gasteiger partial charge is 0.338 e. The first kappa shape index (κ1) is 17.5. The molecule has 126 valence electrons. The van der Waals surface area contributed by atoms with Gasteiger partial charge in [0.2, 0.25) is 0 Å². The number of unbranched alkanes of at least 4 members (excludes halogenated alkanes) is 1. The molecule has 4 heteroatoms. The lowest BCUT2D eigenvalue weighted by molar-refractivity contribution is -0.905. The number of hydrogen-bond donors (Lipinski definition) is 0. The summed E-state index contributed by atoms with van der Waals surface area (Å²) in [6.07, 6.45) is 7.68. The Kier molecular flexibility index (Phi) is 6.66. The molecule has 1 unspecified atom stereocenters. The van der Waals surface area contributed by atoms with E-state index in [1.54, 1.807) is 12.1 Å². The Bertz CT molecular complexity index is 524. The molecule has 1 heterocycles. The third-order valence-corrected chi connectivity index (χ3v) is 4.27. The summed E-state index contributed by atoms with van der Waals surface area (Å²) < 4.78 is 11.9. The van der Waals surface area contributed by atoms with Gasteiger partial charge in [0.25, 0.3) is 0 Å². The first-order valence-electron chi connectivity index (χ1n) is 8.51. The third kappa shape index (κ3) is 5.71. The second kappa shape index (κ2) is 8.73. The van der Waals surface area contributed by atoms with Crippen molar-refractivity contribution >= 4 is 5.97 Å². The van der Waals surface area contributed by atoms with Gasteiger partial charge in [-0.1, -0.05) is 19.4 Å². The first-order chi connectivity index (χ1) is 11.1. The zero-order valence-corrected chi connectivity index (χ0v) is 14.3. The highest BCUT2D eigenvalue weighted by molar-refractivity contribution is 5.89. The van der Waals surface area contributed by atoms with Crippen LogP contribution in [0.3, 0.4) is 0 Å². The fraction of sp³-hybridized carbons (Fsp3) is 0.526. The SMILES string of the molecule is CCCCOc1ccc(C(=O)OCC[N+]2(C)CC=CCC2)cc1. The fourth-order valence-electron chi connectivity index (χ4n) is 2.59. The largest absolute Gasteiger partial charge is 0.494 e. The van der Waals surface area contributed by atoms with Crippen LogP contribution in [-0.4, -0.2) is 50.3 Å². The van der Waals surface area contributed by atoms with Gasteiger partial charge in [0.05, 0.1) is 32.3 Å². The molecule has 0 fully saturated rings. The summed E-state index contributed by atoms with van der Waals surface area (Å²) in [4.78, 5) is 12.1. The number of nitrogens with zero attached hydrogens (tertiary/aromatic N) is 1. The molecule has 0 N–H and O–H groups in total. The minimum atomic E-state index is -0.260. The third-order valence-electron chi connectivity index (χ3n) is 4.27. The van der Waals surface area contributed by atoms with Crippen molar-refractivity contribution in [1.82, 2.24) is 0 Å². The number of rotatable bonds is 8. The highest BCUT2D eigenvalue weighted by atomic mass is 16.5. The number of esters is 1. The van der Waals surface area contributed by atoms with Crippen LogP contribution in [-0.2, 0) is 4.74 Å². The molecule has 0 spiro atoms. The molecule has 1 aromatic rings. The summed E-state index contributed by atoms with van der Waals surface area (Å²) in [5, 5.41) is 0. The standard InChI is InChI=1S/C19H28NO3/c1-3-4-15-22-18-10-8-17(9-11-18)19(21)23-16-14-20(2)12-6-5-7-13-20/h5-6,8-11H,3-4,7,12-16H2,1-2H3/q+1. The van der Waals surface area contributed by atoms with E-state index in [0.717, 1.165) is 49.1 Å². The molecular formula is C19H28NO3+. The number of quaternary nitrogens is 1. The van der Waals surface area contributed by atoms with Crippen LogP contribution in [0.4, 0.5) is 0 Å². The summed E-state index contributed by atoms with van der Waals surface area (Å²) in [5.41, 5.74) is 0.578. The van der Waals surface area contributed by atoms with Crippen LogP contribution in [0.25, 0.3) is 0 Å². The van der Waals surface area contributed by atoms with Crippen molar-refractivity contribution in [2.24, 2.45) is 0 Å². The van der Waals surface area contributed by atoms with Gasteiger partial charge >= 0.3 is 5.97 Å². The van der Waals surface area contributed by atoms with Crippen LogP contribution >= 0.6 is 0 Å². The Hall–Kier alpha value is -1.81. The summed E-state index contributed by atoms with van der Waals surface area (Å²) in [5.74, 6) is 0.539. The monoisotopic (exact) mass is 318 g/mol. The average molecular weight is 318 g/mol. The van der Waals surface area contributed by atoms with Crippen molar-refractivity contribution in [1.29, 1.82) is 0 Å². The molecule has 4 nitrogen and oxygen atoms in total. The van der Waals surface area contributed by atoms with Crippen LogP contribution in [0.2, 0.25) is 0 Å². The molecule has 0 amide bonds. The molecule has 1 atom stereocenters. The van der Waals surface area contributed by atoms with E-state index in [4.69, 9.17) is 9.47 Å². The van der Waals surface area contributed by atoms with Gasteiger partial charge < -0.3 is 14.0 Å². The predicted octanol–water partition coefficient (Wildman–Crippen LogP) is 3.43. The number of benzene rings is 1. The molecule has 0 bridgehead atoms. The van der Waals surface area contributed by atoms with Gasteiger partial charge in [0.15, 0.2) is 0 Å². The first-order valence-corrected chi connectivity index (χ1v) is 8.51. The summed E-state index contributed by atoms with van der Waals surface area (Å²) in [6.45, 7) is 6.28. The fourth-order valence-corrected chi connectivity index (χ4v) is 2.59. The number of hydrogen-bond acceptors (Lipinski definition) is 3. The Morgan fingerprint density at radius 2 is 1.96 bits per heavy atom. The van der Waals surface area contributed by atoms with Crippen LogP contribution in [0, 0.1) is 0 Å². The molecule has 0 saturated carbocycles. The maximum absolute atomic E-state index is 12.1. The molecule has 2 rings (SSSR count). The Morgan fingerprint density at radius 3 is 2.61 bits per heavy atom. The van der Waals surface area contributed by atoms with Gasteiger partial charge in [0.1, 0.15) is 18.9 Å². The lowest BCUT2D eigenvalue weighted by Crippen LogP contribution is -2.48. The second-order valence-electron chi connectivity index (χ2n) is 6.37. The Labute approximate surface area is 139 Å². The van der Waals surface area contributed by atoms with Crippen molar-refractivity contribution in [2.75, 3.05) is 39.9 Å². The molecule has 0 radical (unpaired) electrons. The predicted molar refractivity (Wildman–Crippen MR) is 91.7 cm³/mol. The topological polar surface area (TPSA) is 35.5 Å². The van der Waals surface area contributed by atoms with Gasteiger partial charge in [-0.2, -0.15) is 0 Å². The lowest BCUT2D eigenvalue weighted by atomic mass is 10.2. The van der Waals surface area contributed by atoms with Crippen molar-refractivity contribution < 1.29 is 18.8 Å². The van der Waals surface area contributed by atoms with Crippen molar-refractivity contribution in [2.45, 2.75) is 26.2 Å². The Balaban J connectivity index is 1.75. The van der Waals surface area contributed by atoms with Gasteiger partial charge in [-0.15, -0.1) is 0 Å². The molecule has 1 aliphatic rings. The van der Waals surface area contributed by atoms with Crippen LogP contribution < -0.4 is 4.74 Å². The summed E-state index contributed by atoms with van der Waals surface area (Å²) in [6, 6.07) is 7.19. The van der Waals surface area contributed by atoms with E-state index in [1.165, 1.54) is 0 Å². The molecule has 0 aliphatic carbocycles. The van der Waals surface area contributed by atoms with Gasteiger partial charge in [0, 0.05) is 6.42 Å². The number of likely N-dealkylation sites (N-methyl/N-ethyl adjacent to an activating group) is 1. The zero-order valence-electron chi connectivity index (χ0n) is 14.3. The molecule has 23 heavy (non-hydrogen) atoms. The molecule has 1 aliphatic heterocycles. The van der Waals surface area contributed by atoms with Gasteiger partial charge in [-0.05, 0) is 36.8 Å².